The van der Waals surface area contributed by atoms with Gasteiger partial charge in [-0.25, -0.2) is 8.42 Å². The molecule has 1 N–H and O–H groups in total. The molecule has 1 aliphatic carbocycles. The van der Waals surface area contributed by atoms with E-state index in [4.69, 9.17) is 4.42 Å². The summed E-state index contributed by atoms with van der Waals surface area (Å²) in [7, 11) is -3.33. The maximum Gasteiger partial charge on any atom is 0.228 e. The van der Waals surface area contributed by atoms with Crippen LogP contribution in [-0.2, 0) is 33.9 Å². The minimum Gasteiger partial charge on any atom is -0.464 e. The van der Waals surface area contributed by atoms with E-state index < -0.39 is 9.84 Å². The highest BCUT2D eigenvalue weighted by molar-refractivity contribution is 7.90. The first-order valence-electron chi connectivity index (χ1n) is 8.94. The lowest BCUT2D eigenvalue weighted by atomic mass is 10.0. The fraction of sp³-hybridized carbons (Fsp3) is 0.286. The normalized spacial score (nSPS) is 13.7. The smallest absolute Gasteiger partial charge is 0.228 e. The summed E-state index contributed by atoms with van der Waals surface area (Å²) in [6.45, 7) is 1.83. The van der Waals surface area contributed by atoms with E-state index >= 15 is 0 Å². The van der Waals surface area contributed by atoms with E-state index in [1.807, 2.05) is 6.92 Å². The van der Waals surface area contributed by atoms with E-state index in [0.29, 0.717) is 5.69 Å². The van der Waals surface area contributed by atoms with Crippen molar-refractivity contribution in [3.63, 3.8) is 0 Å². The first-order chi connectivity index (χ1) is 12.8. The third-order valence-corrected chi connectivity index (χ3v) is 6.24. The lowest BCUT2D eigenvalue weighted by Crippen LogP contribution is -2.15. The molecule has 0 saturated carbocycles. The Labute approximate surface area is 158 Å². The van der Waals surface area contributed by atoms with Crippen LogP contribution in [0.15, 0.2) is 45.9 Å². The number of furan rings is 1. The van der Waals surface area contributed by atoms with Crippen molar-refractivity contribution in [1.29, 1.82) is 0 Å². The van der Waals surface area contributed by atoms with Crippen LogP contribution in [0.3, 0.4) is 0 Å². The van der Waals surface area contributed by atoms with Gasteiger partial charge in [-0.05, 0) is 67.1 Å². The molecule has 0 radical (unpaired) electrons. The molecule has 27 heavy (non-hydrogen) atoms. The van der Waals surface area contributed by atoms with Crippen LogP contribution in [0.25, 0.3) is 11.0 Å². The number of carbonyl (C=O) groups excluding carboxylic acids is 1. The number of carbonyl (C=O) groups is 1. The summed E-state index contributed by atoms with van der Waals surface area (Å²) in [5, 5.41) is 3.81. The zero-order valence-corrected chi connectivity index (χ0v) is 16.2. The fourth-order valence-corrected chi connectivity index (χ4v) is 4.27. The van der Waals surface area contributed by atoms with Crippen LogP contribution in [0.2, 0.25) is 0 Å². The average molecular weight is 383 g/mol. The molecule has 2 aromatic carbocycles. The van der Waals surface area contributed by atoms with Crippen LogP contribution >= 0.6 is 0 Å². The standard InChI is InChI=1S/C21H21NO4S/c1-13-6-7-17(27(2,24)25)11-19(13)22-21(23)10-16-12-26-20-9-15-5-3-4-14(15)8-18(16)20/h6-9,11-12H,3-5,10H2,1-2H3,(H,22,23). The van der Waals surface area contributed by atoms with E-state index in [-0.39, 0.29) is 17.2 Å². The molecule has 6 heteroatoms. The monoisotopic (exact) mass is 383 g/mol. The Bertz CT molecular complexity index is 1160. The van der Waals surface area contributed by atoms with E-state index in [9.17, 15) is 13.2 Å². The molecule has 1 aromatic heterocycles. The van der Waals surface area contributed by atoms with Crippen molar-refractivity contribution in [2.45, 2.75) is 37.5 Å². The van der Waals surface area contributed by atoms with E-state index in [2.05, 4.69) is 17.4 Å². The summed E-state index contributed by atoms with van der Waals surface area (Å²) in [6, 6.07) is 8.97. The molecule has 1 aliphatic rings. The molecule has 0 bridgehead atoms. The summed E-state index contributed by atoms with van der Waals surface area (Å²) in [5.74, 6) is -0.202. The molecule has 0 fully saturated rings. The average Bonchev–Trinajstić information content (AvgIpc) is 3.20. The SMILES string of the molecule is Cc1ccc(S(C)(=O)=O)cc1NC(=O)Cc1coc2cc3c(cc12)CCC3. The number of anilines is 1. The fourth-order valence-electron chi connectivity index (χ4n) is 3.62. The van der Waals surface area contributed by atoms with Crippen molar-refractivity contribution >= 4 is 32.4 Å². The predicted octanol–water partition coefficient (Wildman–Crippen LogP) is 3.81. The highest BCUT2D eigenvalue weighted by atomic mass is 32.2. The highest BCUT2D eigenvalue weighted by Gasteiger charge is 2.17. The van der Waals surface area contributed by atoms with Gasteiger partial charge in [-0.2, -0.15) is 0 Å². The second-order valence-corrected chi connectivity index (χ2v) is 9.22. The Morgan fingerprint density at radius 2 is 1.89 bits per heavy atom. The molecular weight excluding hydrogens is 362 g/mol. The molecule has 4 rings (SSSR count). The molecule has 0 atom stereocenters. The molecule has 1 heterocycles. The molecule has 1 amide bonds. The van der Waals surface area contributed by atoms with Crippen LogP contribution < -0.4 is 5.32 Å². The second kappa shape index (κ2) is 6.53. The lowest BCUT2D eigenvalue weighted by Gasteiger charge is -2.10. The molecular formula is C21H21NO4S. The Morgan fingerprint density at radius 3 is 2.63 bits per heavy atom. The van der Waals surface area contributed by atoms with Crippen molar-refractivity contribution < 1.29 is 17.6 Å². The van der Waals surface area contributed by atoms with E-state index in [1.165, 1.54) is 17.2 Å². The van der Waals surface area contributed by atoms with Crippen molar-refractivity contribution in [3.05, 3.63) is 58.8 Å². The van der Waals surface area contributed by atoms with Gasteiger partial charge in [-0.3, -0.25) is 4.79 Å². The van der Waals surface area contributed by atoms with Gasteiger partial charge in [-0.1, -0.05) is 6.07 Å². The maximum atomic E-state index is 12.6. The number of benzene rings is 2. The van der Waals surface area contributed by atoms with E-state index in [0.717, 1.165) is 47.6 Å². The van der Waals surface area contributed by atoms with Crippen molar-refractivity contribution in [2.24, 2.45) is 0 Å². The van der Waals surface area contributed by atoms with Crippen molar-refractivity contribution in [3.8, 4) is 0 Å². The summed E-state index contributed by atoms with van der Waals surface area (Å²) in [5.41, 5.74) is 5.65. The predicted molar refractivity (Wildman–Crippen MR) is 105 cm³/mol. The molecule has 0 unspecified atom stereocenters. The third-order valence-electron chi connectivity index (χ3n) is 5.13. The summed E-state index contributed by atoms with van der Waals surface area (Å²) < 4.78 is 29.2. The third kappa shape index (κ3) is 3.49. The Kier molecular flexibility index (Phi) is 4.30. The maximum absolute atomic E-state index is 12.6. The highest BCUT2D eigenvalue weighted by Crippen LogP contribution is 2.30. The minimum absolute atomic E-state index is 0.175. The van der Waals surface area contributed by atoms with Crippen LogP contribution in [0.5, 0.6) is 0 Å². The second-order valence-electron chi connectivity index (χ2n) is 7.21. The number of hydrogen-bond acceptors (Lipinski definition) is 4. The Morgan fingerprint density at radius 1 is 1.15 bits per heavy atom. The molecule has 5 nitrogen and oxygen atoms in total. The van der Waals surface area contributed by atoms with Gasteiger partial charge in [0.05, 0.1) is 17.6 Å². The van der Waals surface area contributed by atoms with Gasteiger partial charge in [0.2, 0.25) is 5.91 Å². The molecule has 0 spiro atoms. The van der Waals surface area contributed by atoms with Gasteiger partial charge in [0.25, 0.3) is 0 Å². The molecule has 3 aromatic rings. The van der Waals surface area contributed by atoms with Crippen molar-refractivity contribution in [2.75, 3.05) is 11.6 Å². The Hall–Kier alpha value is -2.60. The van der Waals surface area contributed by atoms with Crippen LogP contribution in [0.4, 0.5) is 5.69 Å². The quantitative estimate of drug-likeness (QED) is 0.743. The van der Waals surface area contributed by atoms with Gasteiger partial charge >= 0.3 is 0 Å². The van der Waals surface area contributed by atoms with Gasteiger partial charge < -0.3 is 9.73 Å². The summed E-state index contributed by atoms with van der Waals surface area (Å²) in [4.78, 5) is 12.8. The van der Waals surface area contributed by atoms with Crippen LogP contribution in [0.1, 0.15) is 28.7 Å². The molecule has 0 aliphatic heterocycles. The van der Waals surface area contributed by atoms with Gasteiger partial charge in [0.1, 0.15) is 5.58 Å². The topological polar surface area (TPSA) is 76.4 Å². The number of aryl methyl sites for hydroxylation is 3. The number of fused-ring (bicyclic) bond motifs is 2. The molecule has 0 saturated heterocycles. The molecule has 140 valence electrons. The number of rotatable bonds is 4. The van der Waals surface area contributed by atoms with Gasteiger partial charge in [0, 0.05) is 22.9 Å². The minimum atomic E-state index is -3.33. The largest absolute Gasteiger partial charge is 0.464 e. The number of amides is 1. The summed E-state index contributed by atoms with van der Waals surface area (Å²) in [6.07, 6.45) is 6.28. The zero-order chi connectivity index (χ0) is 19.2. The van der Waals surface area contributed by atoms with Crippen LogP contribution in [0, 0.1) is 6.92 Å². The first kappa shape index (κ1) is 17.8. The summed E-state index contributed by atoms with van der Waals surface area (Å²) >= 11 is 0. The number of nitrogens with one attached hydrogen (secondary N) is 1. The number of sulfone groups is 1. The first-order valence-corrected chi connectivity index (χ1v) is 10.8. The van der Waals surface area contributed by atoms with E-state index in [1.54, 1.807) is 18.4 Å². The zero-order valence-electron chi connectivity index (χ0n) is 15.3. The van der Waals surface area contributed by atoms with Crippen molar-refractivity contribution in [1.82, 2.24) is 0 Å². The van der Waals surface area contributed by atoms with Gasteiger partial charge in [0.15, 0.2) is 9.84 Å². The Balaban J connectivity index is 1.58. The number of hydrogen-bond donors (Lipinski definition) is 1. The lowest BCUT2D eigenvalue weighted by molar-refractivity contribution is -0.115. The van der Waals surface area contributed by atoms with Crippen LogP contribution in [-0.4, -0.2) is 20.6 Å². The van der Waals surface area contributed by atoms with Gasteiger partial charge in [-0.15, -0.1) is 0 Å².